The summed E-state index contributed by atoms with van der Waals surface area (Å²) < 4.78 is 22.3. The fraction of sp³-hybridized carbons (Fsp3) is 0.727. The Balaban J connectivity index is 2.22. The average molecular weight is 984 g/mol. The van der Waals surface area contributed by atoms with Gasteiger partial charge in [0.05, 0.1) is 0 Å². The summed E-state index contributed by atoms with van der Waals surface area (Å²) in [4.78, 5) is 0. The van der Waals surface area contributed by atoms with Crippen LogP contribution in [0.4, 0.5) is 0 Å². The lowest BCUT2D eigenvalue weighted by molar-refractivity contribution is 0.358. The van der Waals surface area contributed by atoms with Crippen molar-refractivity contribution in [1.29, 1.82) is 0 Å². The zero-order valence-electron chi connectivity index (χ0n) is 49.3. The molecule has 0 aliphatic rings. The summed E-state index contributed by atoms with van der Waals surface area (Å²) in [6, 6.07) is 20.8. The number of unbranched alkanes of at least 4 members (excludes halogenated alkanes) is 18. The third kappa shape index (κ3) is 20.8. The van der Waals surface area contributed by atoms with E-state index in [1.165, 1.54) is 168 Å². The molecule has 0 heterocycles. The van der Waals surface area contributed by atoms with E-state index in [0.717, 1.165) is 36.5 Å². The summed E-state index contributed by atoms with van der Waals surface area (Å²) in [6.45, 7) is 42.4. The second-order valence-corrected chi connectivity index (χ2v) is 27.6. The summed E-state index contributed by atoms with van der Waals surface area (Å²) in [5, 5.41) is 0. The standard InChI is InChI=1S/C66H111O3P/c1-19-22-25-28-31-34-37-46-64(13,14)55-49-52(61(4,5)6)40-43-58(55)67-70(68-59-44-41-53(62(7,8)9)50-56(59)65(15,16)47-38-35-32-29-26-23-20-2)69-60-45-42-54(63(10,11)12)51-57(60)66(17,18)48-39-36-33-30-27-24-21-3/h40-45,49-51H,19-39,46-48H2,1-18H3. The van der Waals surface area contributed by atoms with Crippen molar-refractivity contribution in [3.05, 3.63) is 88.0 Å². The van der Waals surface area contributed by atoms with E-state index in [-0.39, 0.29) is 32.5 Å². The Morgan fingerprint density at radius 2 is 0.514 bits per heavy atom. The minimum absolute atomic E-state index is 0.00401. The molecule has 3 aromatic carbocycles. The van der Waals surface area contributed by atoms with Crippen LogP contribution in [0, 0.1) is 0 Å². The van der Waals surface area contributed by atoms with Crippen LogP contribution >= 0.6 is 8.60 Å². The molecule has 0 saturated heterocycles. The predicted octanol–water partition coefficient (Wildman–Crippen LogP) is 22.6. The van der Waals surface area contributed by atoms with E-state index in [9.17, 15) is 0 Å². The minimum atomic E-state index is -1.97. The van der Waals surface area contributed by atoms with Gasteiger partial charge in [-0.25, -0.2) is 0 Å². The smallest absolute Gasteiger partial charge is 0.408 e. The highest BCUT2D eigenvalue weighted by atomic mass is 31.2. The number of benzene rings is 3. The quantitative estimate of drug-likeness (QED) is 0.0450. The molecule has 3 aromatic rings. The van der Waals surface area contributed by atoms with Crippen LogP contribution in [0.25, 0.3) is 0 Å². The molecule has 0 aliphatic heterocycles. The molecule has 0 fully saturated rings. The predicted molar refractivity (Wildman–Crippen MR) is 311 cm³/mol. The molecule has 3 rings (SSSR count). The summed E-state index contributed by atoms with van der Waals surface area (Å²) in [7, 11) is -1.97. The van der Waals surface area contributed by atoms with Gasteiger partial charge in [0.1, 0.15) is 17.2 Å². The van der Waals surface area contributed by atoms with Gasteiger partial charge in [0.2, 0.25) is 0 Å². The molecule has 0 unspecified atom stereocenters. The van der Waals surface area contributed by atoms with Crippen LogP contribution in [-0.2, 0) is 32.5 Å². The Hall–Kier alpha value is -2.51. The first-order valence-corrected chi connectivity index (χ1v) is 30.2. The molecular formula is C66H111O3P. The highest BCUT2D eigenvalue weighted by Gasteiger charge is 2.35. The highest BCUT2D eigenvalue weighted by molar-refractivity contribution is 7.43. The van der Waals surface area contributed by atoms with E-state index in [1.54, 1.807) is 0 Å². The minimum Gasteiger partial charge on any atom is -0.408 e. The van der Waals surface area contributed by atoms with Crippen molar-refractivity contribution < 1.29 is 13.6 Å². The van der Waals surface area contributed by atoms with Crippen LogP contribution in [0.2, 0.25) is 0 Å². The molecule has 0 spiro atoms. The maximum atomic E-state index is 7.42. The monoisotopic (exact) mass is 983 g/mol. The molecule has 398 valence electrons. The van der Waals surface area contributed by atoms with E-state index in [0.29, 0.717) is 0 Å². The molecule has 3 nitrogen and oxygen atoms in total. The zero-order valence-corrected chi connectivity index (χ0v) is 50.2. The van der Waals surface area contributed by atoms with Crippen LogP contribution in [0.5, 0.6) is 17.2 Å². The lowest BCUT2D eigenvalue weighted by atomic mass is 9.76. The summed E-state index contributed by atoms with van der Waals surface area (Å²) >= 11 is 0. The third-order valence-corrected chi connectivity index (χ3v) is 16.5. The van der Waals surface area contributed by atoms with Crippen molar-refractivity contribution in [3.63, 3.8) is 0 Å². The van der Waals surface area contributed by atoms with Gasteiger partial charge in [-0.05, 0) is 86.6 Å². The van der Waals surface area contributed by atoms with Gasteiger partial charge in [-0.2, -0.15) is 0 Å². The molecule has 0 N–H and O–H groups in total. The second kappa shape index (κ2) is 28.8. The van der Waals surface area contributed by atoms with Crippen LogP contribution in [-0.4, -0.2) is 0 Å². The molecule has 70 heavy (non-hydrogen) atoms. The van der Waals surface area contributed by atoms with Crippen molar-refractivity contribution in [2.45, 2.75) is 311 Å². The van der Waals surface area contributed by atoms with E-state index in [4.69, 9.17) is 13.6 Å². The fourth-order valence-electron chi connectivity index (χ4n) is 10.1. The Morgan fingerprint density at radius 3 is 0.729 bits per heavy atom. The second-order valence-electron chi connectivity index (χ2n) is 26.6. The third-order valence-electron chi connectivity index (χ3n) is 15.5. The van der Waals surface area contributed by atoms with Gasteiger partial charge in [0.15, 0.2) is 0 Å². The van der Waals surface area contributed by atoms with E-state index >= 15 is 0 Å². The molecule has 0 atom stereocenters. The van der Waals surface area contributed by atoms with Gasteiger partial charge < -0.3 is 13.6 Å². The SMILES string of the molecule is CCCCCCCCCC(C)(C)c1cc(C(C)(C)C)ccc1OP(Oc1ccc(C(C)(C)C)cc1C(C)(C)CCCCCCCCC)Oc1ccc(C(C)(C)C)cc1C(C)(C)CCCCCCCCC. The Morgan fingerprint density at radius 1 is 0.300 bits per heavy atom. The number of rotatable bonds is 33. The Kier molecular flexibility index (Phi) is 25.4. The van der Waals surface area contributed by atoms with Gasteiger partial charge in [-0.1, -0.05) is 296 Å². The van der Waals surface area contributed by atoms with Crippen LogP contribution in [0.15, 0.2) is 54.6 Å². The molecule has 0 amide bonds. The Bertz CT molecular complexity index is 1710. The summed E-state index contributed by atoms with van der Waals surface area (Å²) in [6.07, 6.45) is 30.6. The molecule has 0 aromatic heterocycles. The van der Waals surface area contributed by atoms with Crippen molar-refractivity contribution >= 4 is 8.60 Å². The largest absolute Gasteiger partial charge is 0.530 e. The van der Waals surface area contributed by atoms with Gasteiger partial charge in [0, 0.05) is 16.7 Å². The van der Waals surface area contributed by atoms with E-state index in [2.05, 4.69) is 179 Å². The number of hydrogen-bond acceptors (Lipinski definition) is 3. The lowest BCUT2D eigenvalue weighted by Gasteiger charge is -2.33. The molecule has 4 heteroatoms. The van der Waals surface area contributed by atoms with Gasteiger partial charge >= 0.3 is 8.60 Å². The van der Waals surface area contributed by atoms with Crippen LogP contribution < -0.4 is 13.6 Å². The summed E-state index contributed by atoms with van der Waals surface area (Å²) in [5.74, 6) is 2.62. The normalized spacial score (nSPS) is 13.1. The topological polar surface area (TPSA) is 27.7 Å². The van der Waals surface area contributed by atoms with Crippen molar-refractivity contribution in [3.8, 4) is 17.2 Å². The van der Waals surface area contributed by atoms with Gasteiger partial charge in [-0.3, -0.25) is 0 Å². The molecule has 0 aliphatic carbocycles. The van der Waals surface area contributed by atoms with Crippen molar-refractivity contribution in [1.82, 2.24) is 0 Å². The first-order valence-electron chi connectivity index (χ1n) is 29.1. The van der Waals surface area contributed by atoms with Gasteiger partial charge in [0.25, 0.3) is 0 Å². The molecule has 0 saturated carbocycles. The first-order chi connectivity index (χ1) is 32.8. The van der Waals surface area contributed by atoms with E-state index in [1.807, 2.05) is 0 Å². The molecular weight excluding hydrogens is 872 g/mol. The fourth-order valence-corrected chi connectivity index (χ4v) is 11.2. The van der Waals surface area contributed by atoms with Crippen molar-refractivity contribution in [2.75, 3.05) is 0 Å². The maximum Gasteiger partial charge on any atom is 0.530 e. The van der Waals surface area contributed by atoms with Crippen LogP contribution in [0.1, 0.15) is 312 Å². The summed E-state index contributed by atoms with van der Waals surface area (Å²) in [5.41, 5.74) is 7.36. The number of hydrogen-bond donors (Lipinski definition) is 0. The van der Waals surface area contributed by atoms with Crippen molar-refractivity contribution in [2.24, 2.45) is 0 Å². The maximum absolute atomic E-state index is 7.42. The first kappa shape index (κ1) is 61.8. The van der Waals surface area contributed by atoms with Gasteiger partial charge in [-0.15, -0.1) is 0 Å². The molecule has 0 bridgehead atoms. The molecule has 0 radical (unpaired) electrons. The van der Waals surface area contributed by atoms with Crippen LogP contribution in [0.3, 0.4) is 0 Å². The highest BCUT2D eigenvalue weighted by Crippen LogP contribution is 2.52. The average Bonchev–Trinajstić information content (AvgIpc) is 3.27. The van der Waals surface area contributed by atoms with E-state index < -0.39 is 8.60 Å². The zero-order chi connectivity index (χ0) is 52.2. The Labute approximate surface area is 436 Å². The lowest BCUT2D eigenvalue weighted by Crippen LogP contribution is -2.23.